The van der Waals surface area contributed by atoms with E-state index in [1.165, 1.54) is 18.9 Å². The number of amides is 2. The normalized spacial score (nSPS) is 19.2. The number of methoxy groups -OCH3 is 1. The molecule has 2 fully saturated rings. The molecule has 1 aromatic carbocycles. The van der Waals surface area contributed by atoms with Crippen molar-refractivity contribution < 1.29 is 14.3 Å². The van der Waals surface area contributed by atoms with Crippen LogP contribution in [0, 0.1) is 11.8 Å². The van der Waals surface area contributed by atoms with Crippen molar-refractivity contribution in [3.05, 3.63) is 60.1 Å². The first-order valence-electron chi connectivity index (χ1n) is 12.1. The van der Waals surface area contributed by atoms with Crippen LogP contribution >= 0.6 is 0 Å². The summed E-state index contributed by atoms with van der Waals surface area (Å²) in [5, 5.41) is 3.12. The summed E-state index contributed by atoms with van der Waals surface area (Å²) in [7, 11) is 3.36. The molecule has 0 spiro atoms. The van der Waals surface area contributed by atoms with Crippen LogP contribution in [0.4, 0.5) is 5.82 Å². The summed E-state index contributed by atoms with van der Waals surface area (Å²) >= 11 is 0. The van der Waals surface area contributed by atoms with Crippen LogP contribution < -0.4 is 11.1 Å². The number of ether oxygens (including phenoxy) is 1. The SMILES string of the molecule is C=CC(=O)N1C[C@@H](n2cc(C#Cc3ccc4c(c3)ncn4C3CC3)c(C(N)=O)c2NC)C[C@@H]1COC. The van der Waals surface area contributed by atoms with Crippen LogP contribution in [0.5, 0.6) is 0 Å². The molecule has 1 aliphatic heterocycles. The van der Waals surface area contributed by atoms with Gasteiger partial charge in [0.1, 0.15) is 5.82 Å². The summed E-state index contributed by atoms with van der Waals surface area (Å²) < 4.78 is 9.52. The molecule has 0 unspecified atom stereocenters. The second kappa shape index (κ2) is 9.55. The molecule has 2 aliphatic rings. The van der Waals surface area contributed by atoms with Gasteiger partial charge < -0.3 is 29.8 Å². The Morgan fingerprint density at radius 2 is 2.08 bits per heavy atom. The first-order chi connectivity index (χ1) is 17.4. The standard InChI is InChI=1S/C27H30N6O3/c1-4-24(34)31-14-20(12-21(31)15-36-3)32-13-18(25(26(28)35)27(32)29-2)7-5-17-6-10-23-22(11-17)30-16-33(23)19-8-9-19/h4,6,10-11,13,16,19-21,29H,1,8-9,12,14-15H2,2-3H3,(H2,28,35)/t20-,21+/m0/s1. The van der Waals surface area contributed by atoms with E-state index < -0.39 is 5.91 Å². The van der Waals surface area contributed by atoms with Crippen molar-refractivity contribution in [1.82, 2.24) is 19.0 Å². The number of anilines is 1. The number of imidazole rings is 1. The largest absolute Gasteiger partial charge is 0.383 e. The zero-order chi connectivity index (χ0) is 25.4. The van der Waals surface area contributed by atoms with Crippen LogP contribution in [0.15, 0.2) is 43.4 Å². The molecule has 0 bridgehead atoms. The van der Waals surface area contributed by atoms with Gasteiger partial charge in [0, 0.05) is 38.5 Å². The van der Waals surface area contributed by atoms with E-state index in [0.717, 1.165) is 16.6 Å². The fourth-order valence-corrected chi connectivity index (χ4v) is 5.13. The molecule has 0 radical (unpaired) electrons. The maximum absolute atomic E-state index is 12.5. The third kappa shape index (κ3) is 4.25. The van der Waals surface area contributed by atoms with Crippen molar-refractivity contribution in [3.8, 4) is 11.8 Å². The molecule has 2 amide bonds. The molecule has 36 heavy (non-hydrogen) atoms. The number of primary amides is 1. The lowest BCUT2D eigenvalue weighted by Gasteiger charge is -2.22. The fraction of sp³-hybridized carbons (Fsp3) is 0.370. The molecule has 1 saturated carbocycles. The molecular weight excluding hydrogens is 456 g/mol. The average Bonchev–Trinajstić information content (AvgIpc) is 3.33. The molecule has 1 aliphatic carbocycles. The highest BCUT2D eigenvalue weighted by atomic mass is 16.5. The Morgan fingerprint density at radius 3 is 2.75 bits per heavy atom. The van der Waals surface area contributed by atoms with E-state index in [1.807, 2.05) is 35.3 Å². The summed E-state index contributed by atoms with van der Waals surface area (Å²) in [6.07, 6.45) is 8.11. The van der Waals surface area contributed by atoms with Crippen molar-refractivity contribution in [1.29, 1.82) is 0 Å². The summed E-state index contributed by atoms with van der Waals surface area (Å²) in [6, 6.07) is 6.37. The summed E-state index contributed by atoms with van der Waals surface area (Å²) in [5.41, 5.74) is 9.47. The highest BCUT2D eigenvalue weighted by molar-refractivity contribution is 6.01. The number of hydrogen-bond donors (Lipinski definition) is 2. The van der Waals surface area contributed by atoms with Gasteiger partial charge in [-0.1, -0.05) is 18.4 Å². The number of nitrogens with two attached hydrogens (primary N) is 1. The monoisotopic (exact) mass is 486 g/mol. The van der Waals surface area contributed by atoms with Gasteiger partial charge in [0.25, 0.3) is 5.91 Å². The Hall–Kier alpha value is -4.03. The highest BCUT2D eigenvalue weighted by Gasteiger charge is 2.37. The molecule has 9 heteroatoms. The van der Waals surface area contributed by atoms with Crippen LogP contribution in [0.25, 0.3) is 11.0 Å². The first kappa shape index (κ1) is 23.7. The lowest BCUT2D eigenvalue weighted by molar-refractivity contribution is -0.127. The summed E-state index contributed by atoms with van der Waals surface area (Å²) in [4.78, 5) is 31.2. The third-order valence-corrected chi connectivity index (χ3v) is 6.97. The number of nitrogens with zero attached hydrogens (tertiary/aromatic N) is 4. The van der Waals surface area contributed by atoms with E-state index >= 15 is 0 Å². The van der Waals surface area contributed by atoms with E-state index in [-0.39, 0.29) is 18.0 Å². The van der Waals surface area contributed by atoms with Crippen molar-refractivity contribution >= 4 is 28.7 Å². The molecule has 3 heterocycles. The average molecular weight is 487 g/mol. The van der Waals surface area contributed by atoms with Crippen molar-refractivity contribution in [2.24, 2.45) is 5.73 Å². The van der Waals surface area contributed by atoms with Crippen LogP contribution in [0.1, 0.15) is 52.8 Å². The molecule has 3 N–H and O–H groups in total. The number of hydrogen-bond acceptors (Lipinski definition) is 5. The van der Waals surface area contributed by atoms with Gasteiger partial charge in [0.05, 0.1) is 47.2 Å². The molecule has 2 atom stereocenters. The van der Waals surface area contributed by atoms with Gasteiger partial charge in [-0.2, -0.15) is 0 Å². The van der Waals surface area contributed by atoms with Crippen molar-refractivity contribution in [2.45, 2.75) is 37.4 Å². The maximum Gasteiger partial charge on any atom is 0.253 e. The Balaban J connectivity index is 1.49. The highest BCUT2D eigenvalue weighted by Crippen LogP contribution is 2.37. The predicted octanol–water partition coefficient (Wildman–Crippen LogP) is 2.69. The van der Waals surface area contributed by atoms with Gasteiger partial charge in [0.2, 0.25) is 5.91 Å². The van der Waals surface area contributed by atoms with E-state index in [2.05, 4.69) is 33.3 Å². The number of rotatable bonds is 7. The number of benzene rings is 1. The van der Waals surface area contributed by atoms with Crippen molar-refractivity contribution in [2.75, 3.05) is 32.6 Å². The number of carbonyl (C=O) groups excluding carboxylic acids is 2. The van der Waals surface area contributed by atoms with Crippen LogP contribution in [-0.4, -0.2) is 64.2 Å². The fourth-order valence-electron chi connectivity index (χ4n) is 5.13. The minimum atomic E-state index is -0.563. The minimum Gasteiger partial charge on any atom is -0.383 e. The number of fused-ring (bicyclic) bond motifs is 1. The number of nitrogens with one attached hydrogen (secondary N) is 1. The van der Waals surface area contributed by atoms with E-state index in [1.54, 1.807) is 19.1 Å². The summed E-state index contributed by atoms with van der Waals surface area (Å²) in [5.74, 6) is 6.20. The Kier molecular flexibility index (Phi) is 6.29. The Labute approximate surface area is 209 Å². The lowest BCUT2D eigenvalue weighted by Crippen LogP contribution is -2.37. The minimum absolute atomic E-state index is 0.0760. The zero-order valence-electron chi connectivity index (χ0n) is 20.5. The molecule has 9 nitrogen and oxygen atoms in total. The maximum atomic E-state index is 12.5. The summed E-state index contributed by atoms with van der Waals surface area (Å²) in [6.45, 7) is 4.50. The molecule has 3 aromatic rings. The van der Waals surface area contributed by atoms with Crippen LogP contribution in [0.3, 0.4) is 0 Å². The lowest BCUT2D eigenvalue weighted by atomic mass is 10.1. The predicted molar refractivity (Wildman–Crippen MR) is 138 cm³/mol. The number of carbonyl (C=O) groups is 2. The number of likely N-dealkylation sites (tertiary alicyclic amines) is 1. The van der Waals surface area contributed by atoms with Gasteiger partial charge in [-0.05, 0) is 43.5 Å². The molecule has 186 valence electrons. The second-order valence-corrected chi connectivity index (χ2v) is 9.32. The second-order valence-electron chi connectivity index (χ2n) is 9.32. The van der Waals surface area contributed by atoms with Gasteiger partial charge in [-0.25, -0.2) is 4.98 Å². The first-order valence-corrected chi connectivity index (χ1v) is 12.1. The van der Waals surface area contributed by atoms with E-state index in [4.69, 9.17) is 10.5 Å². The topological polar surface area (TPSA) is 107 Å². The Morgan fingerprint density at radius 1 is 1.28 bits per heavy atom. The van der Waals surface area contributed by atoms with E-state index in [0.29, 0.717) is 42.6 Å². The molecule has 2 aromatic heterocycles. The van der Waals surface area contributed by atoms with Gasteiger partial charge in [0.15, 0.2) is 0 Å². The Bertz CT molecular complexity index is 1400. The van der Waals surface area contributed by atoms with Gasteiger partial charge >= 0.3 is 0 Å². The van der Waals surface area contributed by atoms with Crippen molar-refractivity contribution in [3.63, 3.8) is 0 Å². The zero-order valence-corrected chi connectivity index (χ0v) is 20.5. The molecule has 1 saturated heterocycles. The quantitative estimate of drug-likeness (QED) is 0.394. The van der Waals surface area contributed by atoms with Crippen LogP contribution in [0.2, 0.25) is 0 Å². The number of aromatic nitrogens is 3. The molecular formula is C27H30N6O3. The smallest absolute Gasteiger partial charge is 0.253 e. The third-order valence-electron chi connectivity index (χ3n) is 6.97. The van der Waals surface area contributed by atoms with E-state index in [9.17, 15) is 9.59 Å². The van der Waals surface area contributed by atoms with Gasteiger partial charge in [-0.3, -0.25) is 9.59 Å². The van der Waals surface area contributed by atoms with Gasteiger partial charge in [-0.15, -0.1) is 0 Å². The molecule has 5 rings (SSSR count). The van der Waals surface area contributed by atoms with Crippen LogP contribution in [-0.2, 0) is 9.53 Å².